The predicted molar refractivity (Wildman–Crippen MR) is 78.7 cm³/mol. The summed E-state index contributed by atoms with van der Waals surface area (Å²) in [5.41, 5.74) is 0.575. The molecule has 2 rings (SSSR count). The van der Waals surface area contributed by atoms with Gasteiger partial charge >= 0.3 is 0 Å². The summed E-state index contributed by atoms with van der Waals surface area (Å²) in [6.07, 6.45) is 5.28. The standard InChI is InChI=1S/C12H11ClIN3O/c13-10-7-9(1-2-11(10)14)12(18)16-4-6-17-5-3-15-8-17/h1-3,5,7-8H,4,6H2,(H,16,18). The van der Waals surface area contributed by atoms with Crippen LogP contribution in [0.3, 0.4) is 0 Å². The van der Waals surface area contributed by atoms with Gasteiger partial charge in [-0.15, -0.1) is 0 Å². The summed E-state index contributed by atoms with van der Waals surface area (Å²) in [7, 11) is 0. The van der Waals surface area contributed by atoms with E-state index in [2.05, 4.69) is 32.9 Å². The first-order valence-electron chi connectivity index (χ1n) is 5.36. The smallest absolute Gasteiger partial charge is 0.251 e. The largest absolute Gasteiger partial charge is 0.350 e. The Morgan fingerprint density at radius 3 is 3.00 bits per heavy atom. The van der Waals surface area contributed by atoms with E-state index in [-0.39, 0.29) is 5.91 Å². The van der Waals surface area contributed by atoms with Crippen molar-refractivity contribution in [1.29, 1.82) is 0 Å². The Morgan fingerprint density at radius 2 is 2.33 bits per heavy atom. The average Bonchev–Trinajstić information content (AvgIpc) is 2.85. The van der Waals surface area contributed by atoms with Crippen LogP contribution < -0.4 is 5.32 Å². The Balaban J connectivity index is 1.89. The van der Waals surface area contributed by atoms with Gasteiger partial charge in [0.1, 0.15) is 0 Å². The number of aromatic nitrogens is 2. The summed E-state index contributed by atoms with van der Waals surface area (Å²) in [5, 5.41) is 3.43. The molecule has 0 aliphatic heterocycles. The molecule has 0 aliphatic rings. The van der Waals surface area contributed by atoms with Crippen LogP contribution in [0.2, 0.25) is 5.02 Å². The van der Waals surface area contributed by atoms with Crippen LogP contribution in [0.1, 0.15) is 10.4 Å². The van der Waals surface area contributed by atoms with Crippen LogP contribution >= 0.6 is 34.2 Å². The lowest BCUT2D eigenvalue weighted by molar-refractivity contribution is 0.0952. The fourth-order valence-corrected chi connectivity index (χ4v) is 1.97. The van der Waals surface area contributed by atoms with Gasteiger partial charge < -0.3 is 9.88 Å². The second-order valence-electron chi connectivity index (χ2n) is 3.69. The molecule has 0 saturated carbocycles. The second kappa shape index (κ2) is 6.19. The molecule has 94 valence electrons. The number of imidazole rings is 1. The van der Waals surface area contributed by atoms with E-state index in [1.54, 1.807) is 24.7 Å². The summed E-state index contributed by atoms with van der Waals surface area (Å²) in [4.78, 5) is 15.8. The topological polar surface area (TPSA) is 46.9 Å². The molecule has 0 atom stereocenters. The highest BCUT2D eigenvalue weighted by Gasteiger charge is 2.06. The van der Waals surface area contributed by atoms with Crippen LogP contribution in [0.15, 0.2) is 36.9 Å². The Morgan fingerprint density at radius 1 is 1.50 bits per heavy atom. The molecule has 1 heterocycles. The maximum atomic E-state index is 11.8. The summed E-state index contributed by atoms with van der Waals surface area (Å²) in [6.45, 7) is 1.25. The van der Waals surface area contributed by atoms with E-state index in [9.17, 15) is 4.79 Å². The van der Waals surface area contributed by atoms with E-state index >= 15 is 0 Å². The monoisotopic (exact) mass is 375 g/mol. The molecule has 1 N–H and O–H groups in total. The summed E-state index contributed by atoms with van der Waals surface area (Å²) >= 11 is 8.10. The number of amides is 1. The van der Waals surface area contributed by atoms with Crippen molar-refractivity contribution in [3.05, 3.63) is 51.1 Å². The number of nitrogens with one attached hydrogen (secondary N) is 1. The SMILES string of the molecule is O=C(NCCn1ccnc1)c1ccc(I)c(Cl)c1. The van der Waals surface area contributed by atoms with Crippen molar-refractivity contribution in [3.8, 4) is 0 Å². The molecule has 1 aromatic carbocycles. The minimum Gasteiger partial charge on any atom is -0.350 e. The molecule has 2 aromatic rings. The Kier molecular flexibility index (Phi) is 4.60. The summed E-state index contributed by atoms with van der Waals surface area (Å²) < 4.78 is 2.84. The first kappa shape index (κ1) is 13.4. The number of carbonyl (C=O) groups excluding carboxylic acids is 1. The highest BCUT2D eigenvalue weighted by molar-refractivity contribution is 14.1. The van der Waals surface area contributed by atoms with Crippen molar-refractivity contribution in [1.82, 2.24) is 14.9 Å². The fraction of sp³-hybridized carbons (Fsp3) is 0.167. The lowest BCUT2D eigenvalue weighted by Crippen LogP contribution is -2.26. The van der Waals surface area contributed by atoms with Gasteiger partial charge in [0, 0.05) is 34.6 Å². The molecule has 4 nitrogen and oxygen atoms in total. The Labute approximate surface area is 123 Å². The van der Waals surface area contributed by atoms with Gasteiger partial charge in [0.05, 0.1) is 11.3 Å². The maximum Gasteiger partial charge on any atom is 0.251 e. The van der Waals surface area contributed by atoms with E-state index in [1.165, 1.54) is 0 Å². The highest BCUT2D eigenvalue weighted by Crippen LogP contribution is 2.19. The van der Waals surface area contributed by atoms with Crippen molar-refractivity contribution in [2.45, 2.75) is 6.54 Å². The molecule has 18 heavy (non-hydrogen) atoms. The molecule has 0 spiro atoms. The molecule has 0 bridgehead atoms. The second-order valence-corrected chi connectivity index (χ2v) is 5.25. The first-order chi connectivity index (χ1) is 8.66. The number of benzene rings is 1. The average molecular weight is 376 g/mol. The number of hydrogen-bond donors (Lipinski definition) is 1. The van der Waals surface area contributed by atoms with E-state index < -0.39 is 0 Å². The maximum absolute atomic E-state index is 11.8. The molecule has 0 aliphatic carbocycles. The van der Waals surface area contributed by atoms with Gasteiger partial charge in [-0.2, -0.15) is 0 Å². The van der Waals surface area contributed by atoms with E-state index in [0.29, 0.717) is 23.7 Å². The van der Waals surface area contributed by atoms with Crippen LogP contribution in [0.5, 0.6) is 0 Å². The zero-order valence-electron chi connectivity index (χ0n) is 9.44. The lowest BCUT2D eigenvalue weighted by Gasteiger charge is -2.06. The Bertz CT molecular complexity index is 542. The van der Waals surface area contributed by atoms with Gasteiger partial charge in [0.2, 0.25) is 0 Å². The molecule has 0 unspecified atom stereocenters. The van der Waals surface area contributed by atoms with Crippen molar-refractivity contribution in [2.24, 2.45) is 0 Å². The fourth-order valence-electron chi connectivity index (χ4n) is 1.46. The van der Waals surface area contributed by atoms with Gasteiger partial charge in [0.25, 0.3) is 5.91 Å². The zero-order chi connectivity index (χ0) is 13.0. The molecule has 1 amide bonds. The minimum absolute atomic E-state index is 0.117. The number of carbonyl (C=O) groups is 1. The van der Waals surface area contributed by atoms with Crippen LogP contribution in [0.25, 0.3) is 0 Å². The van der Waals surface area contributed by atoms with Gasteiger partial charge in [-0.05, 0) is 40.8 Å². The predicted octanol–water partition coefficient (Wildman–Crippen LogP) is 2.57. The third-order valence-electron chi connectivity index (χ3n) is 2.40. The number of nitrogens with zero attached hydrogens (tertiary/aromatic N) is 2. The Hall–Kier alpha value is -1.08. The third-order valence-corrected chi connectivity index (χ3v) is 3.97. The van der Waals surface area contributed by atoms with Crippen LogP contribution in [-0.2, 0) is 6.54 Å². The lowest BCUT2D eigenvalue weighted by atomic mass is 10.2. The van der Waals surface area contributed by atoms with Crippen LogP contribution in [-0.4, -0.2) is 22.0 Å². The molecular weight excluding hydrogens is 365 g/mol. The number of rotatable bonds is 4. The molecule has 0 fully saturated rings. The van der Waals surface area contributed by atoms with Crippen molar-refractivity contribution < 1.29 is 4.79 Å². The highest BCUT2D eigenvalue weighted by atomic mass is 127. The summed E-state index contributed by atoms with van der Waals surface area (Å²) in [6, 6.07) is 5.27. The number of halogens is 2. The van der Waals surface area contributed by atoms with Crippen molar-refractivity contribution >= 4 is 40.1 Å². The van der Waals surface area contributed by atoms with Gasteiger partial charge in [0.15, 0.2) is 0 Å². The molecule has 0 radical (unpaired) electrons. The van der Waals surface area contributed by atoms with Crippen LogP contribution in [0, 0.1) is 3.57 Å². The van der Waals surface area contributed by atoms with Crippen molar-refractivity contribution in [3.63, 3.8) is 0 Å². The summed E-state index contributed by atoms with van der Waals surface area (Å²) in [5.74, 6) is -0.117. The normalized spacial score (nSPS) is 10.3. The molecule has 6 heteroatoms. The molecule has 0 saturated heterocycles. The number of hydrogen-bond acceptors (Lipinski definition) is 2. The zero-order valence-corrected chi connectivity index (χ0v) is 12.4. The molecule has 1 aromatic heterocycles. The van der Waals surface area contributed by atoms with Gasteiger partial charge in [-0.3, -0.25) is 4.79 Å². The van der Waals surface area contributed by atoms with E-state index in [0.717, 1.165) is 3.57 Å². The van der Waals surface area contributed by atoms with Gasteiger partial charge in [-0.25, -0.2) is 4.98 Å². The quantitative estimate of drug-likeness (QED) is 0.835. The van der Waals surface area contributed by atoms with E-state index in [4.69, 9.17) is 11.6 Å². The van der Waals surface area contributed by atoms with Crippen molar-refractivity contribution in [2.75, 3.05) is 6.54 Å². The molecular formula is C12H11ClIN3O. The van der Waals surface area contributed by atoms with Gasteiger partial charge in [-0.1, -0.05) is 11.6 Å². The van der Waals surface area contributed by atoms with Crippen LogP contribution in [0.4, 0.5) is 0 Å². The minimum atomic E-state index is -0.117. The van der Waals surface area contributed by atoms with E-state index in [1.807, 2.05) is 16.8 Å². The third kappa shape index (κ3) is 3.46. The first-order valence-corrected chi connectivity index (χ1v) is 6.81.